The number of fused-ring (bicyclic) bond motifs is 12. The van der Waals surface area contributed by atoms with Crippen molar-refractivity contribution in [2.45, 2.75) is 44.9 Å². The molecule has 2 saturated carbocycles. The molecular formula is C51H42N2. The maximum atomic E-state index is 5.58. The largest absolute Gasteiger partial charge is 0.244 e. The van der Waals surface area contributed by atoms with Gasteiger partial charge in [0, 0.05) is 21.9 Å². The minimum Gasteiger partial charge on any atom is -0.244 e. The minimum absolute atomic E-state index is 0.0276. The Labute approximate surface area is 311 Å². The van der Waals surface area contributed by atoms with Crippen LogP contribution in [0.4, 0.5) is 0 Å². The van der Waals surface area contributed by atoms with Crippen molar-refractivity contribution in [3.8, 4) is 44.8 Å². The highest BCUT2D eigenvalue weighted by Gasteiger charge is 2.56. The zero-order valence-electron chi connectivity index (χ0n) is 30.4. The van der Waals surface area contributed by atoms with E-state index in [1.165, 1.54) is 69.7 Å². The van der Waals surface area contributed by atoms with E-state index in [-0.39, 0.29) is 5.41 Å². The van der Waals surface area contributed by atoms with Gasteiger partial charge in [0.05, 0.1) is 22.4 Å². The summed E-state index contributed by atoms with van der Waals surface area (Å²) in [5.41, 5.74) is 14.3. The molecule has 11 rings (SSSR count). The lowest BCUT2D eigenvalue weighted by atomic mass is 9.49. The lowest BCUT2D eigenvalue weighted by Gasteiger charge is -2.54. The summed E-state index contributed by atoms with van der Waals surface area (Å²) in [7, 11) is 0. The molecule has 3 aliphatic carbocycles. The monoisotopic (exact) mass is 682 g/mol. The molecule has 53 heavy (non-hydrogen) atoms. The van der Waals surface area contributed by atoms with Gasteiger partial charge in [-0.05, 0) is 123 Å². The first-order valence-corrected chi connectivity index (χ1v) is 19.6. The molecule has 0 N–H and O–H groups in total. The van der Waals surface area contributed by atoms with Crippen LogP contribution < -0.4 is 0 Å². The van der Waals surface area contributed by atoms with Gasteiger partial charge in [0.2, 0.25) is 0 Å². The molecular weight excluding hydrogens is 641 g/mol. The molecule has 256 valence electrons. The van der Waals surface area contributed by atoms with E-state index >= 15 is 0 Å². The van der Waals surface area contributed by atoms with Gasteiger partial charge in [-0.25, -0.2) is 9.97 Å². The van der Waals surface area contributed by atoms with E-state index < -0.39 is 0 Å². The first-order valence-electron chi connectivity index (χ1n) is 19.6. The Morgan fingerprint density at radius 3 is 1.98 bits per heavy atom. The molecule has 2 bridgehead atoms. The summed E-state index contributed by atoms with van der Waals surface area (Å²) in [6, 6.07) is 53.7. The number of aromatic nitrogens is 2. The van der Waals surface area contributed by atoms with Crippen molar-refractivity contribution in [2.24, 2.45) is 23.7 Å². The standard InChI is InChI=1S/C51H42N2/c1-31-24-33-26-32(2)51(41(25-31)27-33)45-22-20-40(29-43(45)44-28-38-13-6-7-14-39(38)30-46(44)51)49-48(37-18-16-35(17-19-37)34-10-4-3-5-11-34)52-47-23-21-36-12-8-9-15-42(36)50(47)53-49/h3-23,28-33,41H,24-27H2,1-2H3. The second-order valence-electron chi connectivity index (χ2n) is 16.4. The van der Waals surface area contributed by atoms with Crippen molar-refractivity contribution < 1.29 is 0 Å². The fraction of sp³-hybridized carbons (Fsp3) is 0.216. The van der Waals surface area contributed by atoms with Crippen LogP contribution in [-0.2, 0) is 5.41 Å². The Hall–Kier alpha value is -5.60. The van der Waals surface area contributed by atoms with Crippen molar-refractivity contribution >= 4 is 32.6 Å². The van der Waals surface area contributed by atoms with Crippen LogP contribution in [0, 0.1) is 23.7 Å². The van der Waals surface area contributed by atoms with E-state index in [1.807, 2.05) is 0 Å². The van der Waals surface area contributed by atoms with Crippen LogP contribution in [0.2, 0.25) is 0 Å². The van der Waals surface area contributed by atoms with Crippen molar-refractivity contribution in [1.82, 2.24) is 9.97 Å². The van der Waals surface area contributed by atoms with E-state index in [0.717, 1.165) is 50.8 Å². The van der Waals surface area contributed by atoms with Gasteiger partial charge in [0.25, 0.3) is 0 Å². The van der Waals surface area contributed by atoms with Gasteiger partial charge in [-0.3, -0.25) is 0 Å². The summed E-state index contributed by atoms with van der Waals surface area (Å²) in [6.45, 7) is 5.06. The molecule has 2 fully saturated rings. The van der Waals surface area contributed by atoms with Crippen LogP contribution in [-0.4, -0.2) is 9.97 Å². The number of hydrogen-bond acceptors (Lipinski definition) is 2. The van der Waals surface area contributed by atoms with Gasteiger partial charge in [0.15, 0.2) is 0 Å². The fourth-order valence-electron chi connectivity index (χ4n) is 11.2. The van der Waals surface area contributed by atoms with E-state index in [9.17, 15) is 0 Å². The maximum Gasteiger partial charge on any atom is 0.0973 e. The Balaban J connectivity index is 1.15. The number of nitrogens with zero attached hydrogens (tertiary/aromatic N) is 2. The summed E-state index contributed by atoms with van der Waals surface area (Å²) in [4.78, 5) is 11.0. The molecule has 3 aliphatic rings. The number of rotatable bonds is 3. The summed E-state index contributed by atoms with van der Waals surface area (Å²) < 4.78 is 0. The van der Waals surface area contributed by atoms with Crippen molar-refractivity contribution in [2.75, 3.05) is 0 Å². The highest BCUT2D eigenvalue weighted by atomic mass is 14.8. The van der Waals surface area contributed by atoms with Gasteiger partial charge >= 0.3 is 0 Å². The number of hydrogen-bond donors (Lipinski definition) is 0. The normalized spacial score (nSPS) is 23.1. The highest BCUT2D eigenvalue weighted by Crippen LogP contribution is 2.65. The fourth-order valence-corrected chi connectivity index (χ4v) is 11.2. The second kappa shape index (κ2) is 11.7. The second-order valence-corrected chi connectivity index (χ2v) is 16.4. The summed E-state index contributed by atoms with van der Waals surface area (Å²) in [5, 5.41) is 4.99. The van der Waals surface area contributed by atoms with Crippen molar-refractivity contribution in [3.63, 3.8) is 0 Å². The Morgan fingerprint density at radius 1 is 0.491 bits per heavy atom. The van der Waals surface area contributed by atoms with Crippen LogP contribution >= 0.6 is 0 Å². The van der Waals surface area contributed by atoms with Crippen LogP contribution in [0.5, 0.6) is 0 Å². The third-order valence-electron chi connectivity index (χ3n) is 13.3. The van der Waals surface area contributed by atoms with Gasteiger partial charge < -0.3 is 0 Å². The molecule has 0 aliphatic heterocycles. The Bertz CT molecular complexity index is 2720. The summed E-state index contributed by atoms with van der Waals surface area (Å²) in [5.74, 6) is 2.85. The molecule has 1 aromatic heterocycles. The predicted octanol–water partition coefficient (Wildman–Crippen LogP) is 13.3. The van der Waals surface area contributed by atoms with Gasteiger partial charge in [0.1, 0.15) is 0 Å². The topological polar surface area (TPSA) is 25.8 Å². The first kappa shape index (κ1) is 31.0. The van der Waals surface area contributed by atoms with Crippen molar-refractivity contribution in [1.29, 1.82) is 0 Å². The molecule has 0 amide bonds. The predicted molar refractivity (Wildman–Crippen MR) is 221 cm³/mol. The first-order chi connectivity index (χ1) is 26.0. The highest BCUT2D eigenvalue weighted by molar-refractivity contribution is 6.05. The quantitative estimate of drug-likeness (QED) is 0.173. The Morgan fingerprint density at radius 2 is 1.15 bits per heavy atom. The lowest BCUT2D eigenvalue weighted by molar-refractivity contribution is 0.0427. The minimum atomic E-state index is 0.0276. The van der Waals surface area contributed by atoms with Crippen molar-refractivity contribution in [3.05, 3.63) is 157 Å². The number of benzene rings is 7. The Kier molecular flexibility index (Phi) is 6.84. The zero-order valence-corrected chi connectivity index (χ0v) is 30.4. The van der Waals surface area contributed by atoms with Gasteiger partial charge in [-0.2, -0.15) is 0 Å². The smallest absolute Gasteiger partial charge is 0.0973 e. The molecule has 2 heteroatoms. The van der Waals surface area contributed by atoms with Crippen LogP contribution in [0.3, 0.4) is 0 Å². The van der Waals surface area contributed by atoms with E-state index in [0.29, 0.717) is 11.8 Å². The van der Waals surface area contributed by atoms with Gasteiger partial charge in [-0.15, -0.1) is 0 Å². The van der Waals surface area contributed by atoms with E-state index in [4.69, 9.17) is 9.97 Å². The van der Waals surface area contributed by atoms with Crippen LogP contribution in [0.15, 0.2) is 146 Å². The third kappa shape index (κ3) is 4.64. The molecule has 1 spiro atoms. The van der Waals surface area contributed by atoms with E-state index in [2.05, 4.69) is 159 Å². The van der Waals surface area contributed by atoms with E-state index in [1.54, 1.807) is 5.56 Å². The maximum absolute atomic E-state index is 5.58. The summed E-state index contributed by atoms with van der Waals surface area (Å²) >= 11 is 0. The SMILES string of the molecule is CC1CC2CC(C)C3(c4ccc(-c5nc6c(ccc7ccccc76)nc5-c5ccc(-c6ccccc6)cc5)cc4-c4cc5ccccc5cc43)C(C1)C2. The van der Waals surface area contributed by atoms with Crippen LogP contribution in [0.1, 0.15) is 50.7 Å². The van der Waals surface area contributed by atoms with Crippen LogP contribution in [0.25, 0.3) is 77.3 Å². The summed E-state index contributed by atoms with van der Waals surface area (Å²) in [6.07, 6.45) is 5.34. The molecule has 5 atom stereocenters. The molecule has 2 nitrogen and oxygen atoms in total. The average Bonchev–Trinajstić information content (AvgIpc) is 3.48. The lowest BCUT2D eigenvalue weighted by Crippen LogP contribution is -2.49. The average molecular weight is 683 g/mol. The molecule has 1 heterocycles. The molecule has 0 radical (unpaired) electrons. The third-order valence-corrected chi connectivity index (χ3v) is 13.3. The zero-order chi connectivity index (χ0) is 35.3. The molecule has 0 saturated heterocycles. The molecule has 7 aromatic carbocycles. The molecule has 8 aromatic rings. The van der Waals surface area contributed by atoms with Gasteiger partial charge in [-0.1, -0.05) is 135 Å². The molecule has 5 unspecified atom stereocenters.